The number of methoxy groups -OCH3 is 1. The quantitative estimate of drug-likeness (QED) is 0.450. The van der Waals surface area contributed by atoms with Crippen LogP contribution in [0.2, 0.25) is 0 Å². The number of hydrogen-bond acceptors (Lipinski definition) is 6. The van der Waals surface area contributed by atoms with E-state index in [-0.39, 0.29) is 12.2 Å². The first kappa shape index (κ1) is 16.5. The predicted octanol–water partition coefficient (Wildman–Crippen LogP) is 0.297. The maximum atomic E-state index is 11.4. The summed E-state index contributed by atoms with van der Waals surface area (Å²) in [5.74, 6) is -1.45. The number of aromatic hydroxyl groups is 1. The van der Waals surface area contributed by atoms with E-state index in [9.17, 15) is 14.5 Å². The van der Waals surface area contributed by atoms with E-state index in [0.717, 1.165) is 0 Å². The van der Waals surface area contributed by atoms with E-state index in [1.54, 1.807) is 0 Å². The number of ether oxygens (including phenoxy) is 1. The third-order valence-electron chi connectivity index (χ3n) is 2.46. The summed E-state index contributed by atoms with van der Waals surface area (Å²) in [5, 5.41) is 9.62. The van der Waals surface area contributed by atoms with E-state index >= 15 is 0 Å². The number of phenolic OH excluding ortho intramolecular Hbond substituents is 1. The Labute approximate surface area is 115 Å². The molecule has 0 amide bonds. The molecule has 0 fully saturated rings. The number of esters is 1. The van der Waals surface area contributed by atoms with Gasteiger partial charge in [0, 0.05) is 6.42 Å². The zero-order valence-corrected chi connectivity index (χ0v) is 11.8. The van der Waals surface area contributed by atoms with Crippen LogP contribution in [0.4, 0.5) is 0 Å². The Balaban J connectivity index is 2.93. The van der Waals surface area contributed by atoms with Gasteiger partial charge in [0.15, 0.2) is 11.5 Å². The Hall–Kier alpha value is -1.60. The fourth-order valence-electron chi connectivity index (χ4n) is 1.61. The van der Waals surface area contributed by atoms with Crippen molar-refractivity contribution in [2.75, 3.05) is 7.11 Å². The molecule has 1 rings (SSSR count). The Bertz CT molecular complexity index is 552. The molecule has 0 bridgehead atoms. The van der Waals surface area contributed by atoms with E-state index in [0.29, 0.717) is 5.56 Å². The molecule has 0 aromatic heterocycles. The van der Waals surface area contributed by atoms with Crippen LogP contribution in [-0.4, -0.2) is 33.5 Å². The summed E-state index contributed by atoms with van der Waals surface area (Å²) in [4.78, 5) is 28.7. The van der Waals surface area contributed by atoms with Crippen LogP contribution in [0.3, 0.4) is 0 Å². The fourth-order valence-corrected chi connectivity index (χ4v) is 2.02. The van der Waals surface area contributed by atoms with Gasteiger partial charge in [-0.3, -0.25) is 14.6 Å². The normalized spacial score (nSPS) is 14.4. The number of phosphoric acid groups is 1. The molecule has 0 spiro atoms. The molecule has 9 heteroatoms. The van der Waals surface area contributed by atoms with Crippen LogP contribution in [0.15, 0.2) is 18.2 Å². The predicted molar refractivity (Wildman–Crippen MR) is 69.1 cm³/mol. The maximum Gasteiger partial charge on any atom is 0.524 e. The maximum absolute atomic E-state index is 11.4. The lowest BCUT2D eigenvalue weighted by Crippen LogP contribution is -2.47. The van der Waals surface area contributed by atoms with Crippen LogP contribution in [0, 0.1) is 0 Å². The number of carbonyl (C=O) groups excluding carboxylic acids is 1. The van der Waals surface area contributed by atoms with Gasteiger partial charge in [-0.05, 0) is 24.6 Å². The molecular weight excluding hydrogens is 289 g/mol. The summed E-state index contributed by atoms with van der Waals surface area (Å²) in [5.41, 5.74) is 4.98. The average molecular weight is 305 g/mol. The van der Waals surface area contributed by atoms with E-state index in [1.807, 2.05) is 0 Å². The lowest BCUT2D eigenvalue weighted by atomic mass is 9.94. The molecular formula is C11H16NO7P. The number of carbonyl (C=O) groups is 1. The topological polar surface area (TPSA) is 139 Å². The molecule has 0 aliphatic carbocycles. The van der Waals surface area contributed by atoms with Gasteiger partial charge in [0.1, 0.15) is 5.54 Å². The van der Waals surface area contributed by atoms with Crippen molar-refractivity contribution in [3.8, 4) is 11.5 Å². The van der Waals surface area contributed by atoms with Gasteiger partial charge in [-0.15, -0.1) is 0 Å². The second-order valence-electron chi connectivity index (χ2n) is 4.47. The van der Waals surface area contributed by atoms with Gasteiger partial charge in [0.05, 0.1) is 7.11 Å². The van der Waals surface area contributed by atoms with Crippen LogP contribution in [0.1, 0.15) is 12.5 Å². The minimum atomic E-state index is -4.75. The Morgan fingerprint density at radius 1 is 1.45 bits per heavy atom. The Kier molecular flexibility index (Phi) is 4.77. The number of hydrogen-bond donors (Lipinski definition) is 4. The Morgan fingerprint density at radius 3 is 2.50 bits per heavy atom. The van der Waals surface area contributed by atoms with Crippen molar-refractivity contribution in [1.29, 1.82) is 0 Å². The summed E-state index contributed by atoms with van der Waals surface area (Å²) < 4.78 is 19.5. The number of nitrogens with two attached hydrogens (primary N) is 1. The third kappa shape index (κ3) is 4.50. The zero-order chi connectivity index (χ0) is 15.6. The van der Waals surface area contributed by atoms with E-state index in [4.69, 9.17) is 15.5 Å². The molecule has 20 heavy (non-hydrogen) atoms. The first-order valence-corrected chi connectivity index (χ1v) is 7.02. The first-order chi connectivity index (χ1) is 9.05. The molecule has 0 saturated carbocycles. The number of benzene rings is 1. The fraction of sp³-hybridized carbons (Fsp3) is 0.364. The summed E-state index contributed by atoms with van der Waals surface area (Å²) in [6.07, 6.45) is 0.0728. The van der Waals surface area contributed by atoms with Crippen molar-refractivity contribution >= 4 is 13.8 Å². The molecule has 0 aliphatic heterocycles. The van der Waals surface area contributed by atoms with Crippen molar-refractivity contribution in [3.05, 3.63) is 23.8 Å². The molecule has 1 atom stereocenters. The summed E-state index contributed by atoms with van der Waals surface area (Å²) in [6.45, 7) is 1.47. The SMILES string of the molecule is COC(=O)[C@@](C)(N)Cc1ccc(OP(=O)(O)O)c(O)c1. The van der Waals surface area contributed by atoms with Gasteiger partial charge in [-0.2, -0.15) is 0 Å². The number of phenols is 1. The van der Waals surface area contributed by atoms with Crippen molar-refractivity contribution in [1.82, 2.24) is 0 Å². The van der Waals surface area contributed by atoms with Crippen molar-refractivity contribution in [2.45, 2.75) is 18.9 Å². The lowest BCUT2D eigenvalue weighted by molar-refractivity contribution is -0.146. The monoisotopic (exact) mass is 305 g/mol. The van der Waals surface area contributed by atoms with Crippen molar-refractivity contribution < 1.29 is 33.5 Å². The highest BCUT2D eigenvalue weighted by atomic mass is 31.2. The van der Waals surface area contributed by atoms with Crippen LogP contribution in [0.5, 0.6) is 11.5 Å². The molecule has 0 unspecified atom stereocenters. The van der Waals surface area contributed by atoms with E-state index in [1.165, 1.54) is 32.2 Å². The first-order valence-electron chi connectivity index (χ1n) is 5.49. The second-order valence-corrected chi connectivity index (χ2v) is 5.63. The smallest absolute Gasteiger partial charge is 0.504 e. The summed E-state index contributed by atoms with van der Waals surface area (Å²) in [6, 6.07) is 3.81. The average Bonchev–Trinajstić information content (AvgIpc) is 2.29. The molecule has 8 nitrogen and oxygen atoms in total. The lowest BCUT2D eigenvalue weighted by Gasteiger charge is -2.21. The number of rotatable bonds is 5. The van der Waals surface area contributed by atoms with Crippen LogP contribution >= 0.6 is 7.82 Å². The number of phosphoric ester groups is 1. The summed E-state index contributed by atoms with van der Waals surface area (Å²) in [7, 11) is -3.54. The van der Waals surface area contributed by atoms with E-state index < -0.39 is 25.1 Å². The van der Waals surface area contributed by atoms with Gasteiger partial charge in [-0.1, -0.05) is 6.07 Å². The van der Waals surface area contributed by atoms with Crippen molar-refractivity contribution in [3.63, 3.8) is 0 Å². The molecule has 0 aliphatic rings. The van der Waals surface area contributed by atoms with Gasteiger partial charge in [-0.25, -0.2) is 4.57 Å². The minimum absolute atomic E-state index is 0.0728. The van der Waals surface area contributed by atoms with Gasteiger partial charge >= 0.3 is 13.8 Å². The highest BCUT2D eigenvalue weighted by Gasteiger charge is 2.30. The van der Waals surface area contributed by atoms with Gasteiger partial charge in [0.2, 0.25) is 0 Å². The van der Waals surface area contributed by atoms with Crippen molar-refractivity contribution in [2.24, 2.45) is 5.73 Å². The largest absolute Gasteiger partial charge is 0.524 e. The highest BCUT2D eigenvalue weighted by Crippen LogP contribution is 2.41. The molecule has 1 aromatic rings. The van der Waals surface area contributed by atoms with Crippen LogP contribution in [-0.2, 0) is 20.5 Å². The Morgan fingerprint density at radius 2 is 2.05 bits per heavy atom. The molecule has 112 valence electrons. The molecule has 1 aromatic carbocycles. The second kappa shape index (κ2) is 5.80. The highest BCUT2D eigenvalue weighted by molar-refractivity contribution is 7.46. The molecule has 0 saturated heterocycles. The van der Waals surface area contributed by atoms with Gasteiger partial charge < -0.3 is 20.1 Å². The molecule has 5 N–H and O–H groups in total. The molecule has 0 radical (unpaired) electrons. The minimum Gasteiger partial charge on any atom is -0.504 e. The standard InChI is InChI=1S/C11H16NO7P/c1-11(12,10(14)18-2)6-7-3-4-9(8(13)5-7)19-20(15,16)17/h3-5,13H,6,12H2,1-2H3,(H2,15,16,17)/t11-/m0/s1. The third-order valence-corrected chi connectivity index (χ3v) is 2.90. The van der Waals surface area contributed by atoms with Crippen LogP contribution < -0.4 is 10.3 Å². The van der Waals surface area contributed by atoms with E-state index in [2.05, 4.69) is 9.26 Å². The zero-order valence-electron chi connectivity index (χ0n) is 10.9. The van der Waals surface area contributed by atoms with Gasteiger partial charge in [0.25, 0.3) is 0 Å². The molecule has 0 heterocycles. The summed E-state index contributed by atoms with van der Waals surface area (Å²) >= 11 is 0. The van der Waals surface area contributed by atoms with Crippen LogP contribution in [0.25, 0.3) is 0 Å².